The molecule has 0 aromatic rings. The Hall–Kier alpha value is 1.48. The van der Waals surface area contributed by atoms with Crippen LogP contribution in [0.4, 0.5) is 0 Å². The van der Waals surface area contributed by atoms with Crippen molar-refractivity contribution in [3.63, 3.8) is 0 Å². The van der Waals surface area contributed by atoms with E-state index in [1.54, 1.807) is 0 Å². The molecule has 4 atom stereocenters. The largest absolute Gasteiger partial charge is 0.469 e. The van der Waals surface area contributed by atoms with Gasteiger partial charge in [-0.05, 0) is 0 Å². The van der Waals surface area contributed by atoms with Crippen LogP contribution >= 0.6 is 7.82 Å². The zero-order valence-electron chi connectivity index (χ0n) is 8.82. The maximum Gasteiger partial charge on any atom is 0.469 e. The minimum atomic E-state index is -4.78. The Labute approximate surface area is 137 Å². The van der Waals surface area contributed by atoms with Crippen LogP contribution in [0.5, 0.6) is 0 Å². The molecule has 11 heteroatoms. The molecule has 2 radical (unpaired) electrons. The van der Waals surface area contributed by atoms with Crippen LogP contribution in [-0.4, -0.2) is 122 Å². The van der Waals surface area contributed by atoms with Crippen molar-refractivity contribution in [3.8, 4) is 0 Å². The first kappa shape index (κ1) is 20.8. The molecule has 0 saturated heterocycles. The van der Waals surface area contributed by atoms with E-state index in [1.165, 1.54) is 0 Å². The van der Waals surface area contributed by atoms with E-state index in [-0.39, 0.29) is 48.9 Å². The molecule has 0 aliphatic heterocycles. The van der Waals surface area contributed by atoms with Gasteiger partial charge < -0.3 is 35.3 Å². The van der Waals surface area contributed by atoms with E-state index in [0.29, 0.717) is 0 Å². The summed E-state index contributed by atoms with van der Waals surface area (Å²) in [5.41, 5.74) is 0. The standard InChI is InChI=1S/C6H15O9P.Ba/c7-1-3(8)5(10)6(11)4(9)2-15-16(12,13)14;/h3-11H,1-2H2,(H2,12,13,14);/t3-,4-,5-,6-;/m1./s1. The zero-order chi connectivity index (χ0) is 12.9. The third-order valence-electron chi connectivity index (χ3n) is 1.74. The maximum atomic E-state index is 10.2. The van der Waals surface area contributed by atoms with Gasteiger partial charge in [0.25, 0.3) is 0 Å². The van der Waals surface area contributed by atoms with Crippen LogP contribution in [0.15, 0.2) is 0 Å². The molecule has 0 heterocycles. The first-order valence-electron chi connectivity index (χ1n) is 4.22. The molecular weight excluding hydrogens is 384 g/mol. The number of rotatable bonds is 7. The van der Waals surface area contributed by atoms with E-state index >= 15 is 0 Å². The summed E-state index contributed by atoms with van der Waals surface area (Å²) in [6, 6.07) is 0. The molecule has 0 aromatic carbocycles. The molecule has 0 aliphatic rings. The molecule has 0 rings (SSSR count). The summed E-state index contributed by atoms with van der Waals surface area (Å²) >= 11 is 0. The van der Waals surface area contributed by atoms with Crippen molar-refractivity contribution in [1.82, 2.24) is 0 Å². The Morgan fingerprint density at radius 1 is 1.00 bits per heavy atom. The molecule has 0 aliphatic carbocycles. The number of hydrogen-bond acceptors (Lipinski definition) is 7. The Morgan fingerprint density at radius 3 is 1.76 bits per heavy atom. The number of aliphatic hydroxyl groups excluding tert-OH is 5. The van der Waals surface area contributed by atoms with Gasteiger partial charge in [0.1, 0.15) is 24.4 Å². The van der Waals surface area contributed by atoms with Crippen LogP contribution in [-0.2, 0) is 9.09 Å². The van der Waals surface area contributed by atoms with E-state index in [4.69, 9.17) is 30.2 Å². The number of aliphatic hydroxyl groups is 5. The zero-order valence-corrected chi connectivity index (χ0v) is 14.2. The van der Waals surface area contributed by atoms with Crippen molar-refractivity contribution < 1.29 is 44.4 Å². The average molecular weight is 399 g/mol. The molecule has 0 fully saturated rings. The van der Waals surface area contributed by atoms with E-state index in [1.807, 2.05) is 0 Å². The van der Waals surface area contributed by atoms with Crippen molar-refractivity contribution in [2.24, 2.45) is 0 Å². The van der Waals surface area contributed by atoms with E-state index in [9.17, 15) is 9.67 Å². The quantitative estimate of drug-likeness (QED) is 0.167. The Kier molecular flexibility index (Phi) is 11.5. The van der Waals surface area contributed by atoms with E-state index < -0.39 is 45.5 Å². The molecule has 0 aromatic heterocycles. The van der Waals surface area contributed by atoms with Gasteiger partial charge >= 0.3 is 7.82 Å². The summed E-state index contributed by atoms with van der Waals surface area (Å²) in [4.78, 5) is 16.6. The summed E-state index contributed by atoms with van der Waals surface area (Å²) in [7, 11) is -4.78. The molecule has 0 saturated carbocycles. The normalized spacial score (nSPS) is 19.0. The van der Waals surface area contributed by atoms with Gasteiger partial charge in [0.05, 0.1) is 13.2 Å². The molecule has 7 N–H and O–H groups in total. The van der Waals surface area contributed by atoms with Crippen molar-refractivity contribution in [1.29, 1.82) is 0 Å². The molecule has 0 bridgehead atoms. The third-order valence-corrected chi connectivity index (χ3v) is 2.22. The number of phosphoric acid groups is 1. The van der Waals surface area contributed by atoms with Gasteiger partial charge in [-0.25, -0.2) is 4.57 Å². The Balaban J connectivity index is 0. The third kappa shape index (κ3) is 9.08. The second kappa shape index (κ2) is 9.40. The molecule has 0 unspecified atom stereocenters. The maximum absolute atomic E-state index is 10.2. The van der Waals surface area contributed by atoms with Crippen LogP contribution < -0.4 is 0 Å². The first-order chi connectivity index (χ1) is 7.19. The van der Waals surface area contributed by atoms with Gasteiger partial charge in [0.2, 0.25) is 0 Å². The van der Waals surface area contributed by atoms with Crippen LogP contribution in [0.3, 0.4) is 0 Å². The second-order valence-corrected chi connectivity index (χ2v) is 4.32. The topological polar surface area (TPSA) is 168 Å². The van der Waals surface area contributed by atoms with Gasteiger partial charge in [0, 0.05) is 48.9 Å². The Bertz CT molecular complexity index is 246. The fraction of sp³-hybridized carbons (Fsp3) is 1.00. The second-order valence-electron chi connectivity index (χ2n) is 3.08. The van der Waals surface area contributed by atoms with Gasteiger partial charge in [0.15, 0.2) is 0 Å². The van der Waals surface area contributed by atoms with Crippen molar-refractivity contribution in [2.75, 3.05) is 13.2 Å². The van der Waals surface area contributed by atoms with Crippen molar-refractivity contribution in [2.45, 2.75) is 24.4 Å². The fourth-order valence-corrected chi connectivity index (χ4v) is 1.18. The summed E-state index contributed by atoms with van der Waals surface area (Å²) in [6.07, 6.45) is -7.27. The summed E-state index contributed by atoms with van der Waals surface area (Å²) in [6.45, 7) is -1.77. The van der Waals surface area contributed by atoms with Crippen molar-refractivity contribution in [3.05, 3.63) is 0 Å². The number of hydrogen-bond donors (Lipinski definition) is 7. The molecule has 9 nitrogen and oxygen atoms in total. The smallest absolute Gasteiger partial charge is 0.394 e. The summed E-state index contributed by atoms with van der Waals surface area (Å²) in [5, 5.41) is 44.8. The summed E-state index contributed by atoms with van der Waals surface area (Å²) < 4.78 is 14.1. The van der Waals surface area contributed by atoms with Gasteiger partial charge in [-0.3, -0.25) is 4.52 Å². The van der Waals surface area contributed by atoms with Gasteiger partial charge in [-0.1, -0.05) is 0 Å². The molecule has 0 spiro atoms. The SMILES string of the molecule is O=P(O)(O)OC[C@@H](O)[C@@H](O)[C@H](O)[C@H](O)CO.[Ba]. The van der Waals surface area contributed by atoms with Crippen LogP contribution in [0.2, 0.25) is 0 Å². The minimum Gasteiger partial charge on any atom is -0.394 e. The average Bonchev–Trinajstić information content (AvgIpc) is 2.21. The van der Waals surface area contributed by atoms with Crippen LogP contribution in [0, 0.1) is 0 Å². The molecule has 17 heavy (non-hydrogen) atoms. The van der Waals surface area contributed by atoms with Crippen molar-refractivity contribution >= 4 is 56.7 Å². The van der Waals surface area contributed by atoms with E-state index in [0.717, 1.165) is 0 Å². The minimum absolute atomic E-state index is 0. The van der Waals surface area contributed by atoms with Crippen LogP contribution in [0.25, 0.3) is 0 Å². The van der Waals surface area contributed by atoms with E-state index in [2.05, 4.69) is 4.52 Å². The number of phosphoric ester groups is 1. The fourth-order valence-electron chi connectivity index (χ4n) is 0.835. The predicted molar refractivity (Wildman–Crippen MR) is 54.9 cm³/mol. The first-order valence-corrected chi connectivity index (χ1v) is 5.75. The van der Waals surface area contributed by atoms with Gasteiger partial charge in [-0.15, -0.1) is 0 Å². The molecular formula is C6H15BaO9P. The summed E-state index contributed by atoms with van der Waals surface area (Å²) in [5.74, 6) is 0. The van der Waals surface area contributed by atoms with Crippen LogP contribution in [0.1, 0.15) is 0 Å². The molecule has 0 amide bonds. The predicted octanol–water partition coefficient (Wildman–Crippen LogP) is -3.85. The Morgan fingerprint density at radius 2 is 1.41 bits per heavy atom. The monoisotopic (exact) mass is 400 g/mol. The molecule has 100 valence electrons. The van der Waals surface area contributed by atoms with Gasteiger partial charge in [-0.2, -0.15) is 0 Å².